The standard InChI is InChI=1S/2C4H2N2S2.Cu/c1-5-3(7)4(8)6-2;5-1-3(7)4(8)2-6;/h2*7-8H;/p-4/b2*4-3-;. The van der Waals surface area contributed by atoms with Crippen LogP contribution in [0.4, 0.5) is 0 Å². The number of hydrogen-bond donors (Lipinski definition) is 0. The molecular weight excluding hydrogens is 344 g/mol. The number of rotatable bonds is 0. The Morgan fingerprint density at radius 3 is 1.18 bits per heavy atom. The van der Waals surface area contributed by atoms with Gasteiger partial charge in [0.1, 0.15) is 0 Å². The Hall–Kier alpha value is -1.16. The molecule has 9 heteroatoms. The third kappa shape index (κ3) is 11.1. The van der Waals surface area contributed by atoms with Crippen LogP contribution in [0.15, 0.2) is 19.9 Å². The monoisotopic (exact) mass is 343 g/mol. The average molecular weight is 344 g/mol. The Bertz CT molecular complexity index is 394. The van der Waals surface area contributed by atoms with Crippen molar-refractivity contribution in [2.24, 2.45) is 0 Å². The molecule has 17 heavy (non-hydrogen) atoms. The van der Waals surface area contributed by atoms with Gasteiger partial charge in [0.2, 0.25) is 0 Å². The Morgan fingerprint density at radius 1 is 0.824 bits per heavy atom. The first-order valence-electron chi connectivity index (χ1n) is 3.16. The van der Waals surface area contributed by atoms with Crippen molar-refractivity contribution in [2.75, 3.05) is 0 Å². The second-order valence-electron chi connectivity index (χ2n) is 1.72. The van der Waals surface area contributed by atoms with Crippen molar-refractivity contribution >= 4 is 50.5 Å². The normalized spacial score (nSPS) is 10.1. The molecule has 0 aliphatic carbocycles. The first-order valence-corrected chi connectivity index (χ1v) is 4.79. The van der Waals surface area contributed by atoms with Crippen LogP contribution in [-0.2, 0) is 67.6 Å². The van der Waals surface area contributed by atoms with Crippen molar-refractivity contribution in [1.29, 1.82) is 10.5 Å². The maximum atomic E-state index is 8.01. The maximum absolute atomic E-state index is 8.01. The van der Waals surface area contributed by atoms with E-state index in [1.807, 2.05) is 0 Å². The molecule has 0 saturated heterocycles. The van der Waals surface area contributed by atoms with Gasteiger partial charge in [0.15, 0.2) is 0 Å². The van der Waals surface area contributed by atoms with Crippen LogP contribution in [0.5, 0.6) is 0 Å². The van der Waals surface area contributed by atoms with E-state index in [0.29, 0.717) is 0 Å². The van der Waals surface area contributed by atoms with Crippen LogP contribution in [0.2, 0.25) is 0 Å². The average Bonchev–Trinajstić information content (AvgIpc) is 2.35. The van der Waals surface area contributed by atoms with E-state index in [4.69, 9.17) is 23.7 Å². The molecule has 0 atom stereocenters. The number of hydrogen-bond acceptors (Lipinski definition) is 6. The fourth-order valence-corrected chi connectivity index (χ4v) is 0.380. The zero-order chi connectivity index (χ0) is 13.1. The van der Waals surface area contributed by atoms with Gasteiger partial charge in [0.05, 0.1) is 25.3 Å². The molecule has 1 radical (unpaired) electrons. The van der Waals surface area contributed by atoms with Gasteiger partial charge in [-0.25, -0.2) is 0 Å². The molecule has 0 heterocycles. The van der Waals surface area contributed by atoms with Crippen molar-refractivity contribution < 1.29 is 17.1 Å². The summed E-state index contributed by atoms with van der Waals surface area (Å²) >= 11 is 17.4. The van der Waals surface area contributed by atoms with Crippen LogP contribution in [0, 0.1) is 35.8 Å². The molecule has 0 N–H and O–H groups in total. The van der Waals surface area contributed by atoms with Crippen molar-refractivity contribution in [2.45, 2.75) is 0 Å². The molecular formula is C8CuN4S4-4. The molecule has 0 aromatic rings. The van der Waals surface area contributed by atoms with Crippen molar-refractivity contribution in [3.05, 3.63) is 42.7 Å². The zero-order valence-corrected chi connectivity index (χ0v) is 11.9. The Morgan fingerprint density at radius 2 is 1.06 bits per heavy atom. The Balaban J connectivity index is -0.000000218. The number of nitrogens with zero attached hydrogens (tertiary/aromatic N) is 4. The predicted molar refractivity (Wildman–Crippen MR) is 67.9 cm³/mol. The molecule has 4 nitrogen and oxygen atoms in total. The first-order chi connectivity index (χ1) is 7.44. The summed E-state index contributed by atoms with van der Waals surface area (Å²) < 4.78 is 0. The van der Waals surface area contributed by atoms with E-state index >= 15 is 0 Å². The Labute approximate surface area is 132 Å². The minimum atomic E-state index is -0.116. The largest absolute Gasteiger partial charge is 0.826 e. The molecule has 0 aliphatic rings. The van der Waals surface area contributed by atoms with Gasteiger partial charge in [-0.1, -0.05) is 0 Å². The van der Waals surface area contributed by atoms with E-state index in [2.05, 4.69) is 60.2 Å². The second-order valence-corrected chi connectivity index (χ2v) is 3.31. The van der Waals surface area contributed by atoms with Crippen LogP contribution in [0.25, 0.3) is 9.69 Å². The molecule has 0 amide bonds. The summed E-state index contributed by atoms with van der Waals surface area (Å²) in [6.45, 7) is 12.6. The third-order valence-electron chi connectivity index (χ3n) is 0.795. The molecule has 0 fully saturated rings. The van der Waals surface area contributed by atoms with Crippen molar-refractivity contribution in [1.82, 2.24) is 0 Å². The summed E-state index contributed by atoms with van der Waals surface area (Å²) in [7, 11) is 0. The van der Waals surface area contributed by atoms with Gasteiger partial charge in [0, 0.05) is 27.1 Å². The van der Waals surface area contributed by atoms with Gasteiger partial charge in [-0.15, -0.1) is 9.81 Å². The number of nitriles is 2. The van der Waals surface area contributed by atoms with Crippen LogP contribution in [-0.4, -0.2) is 0 Å². The van der Waals surface area contributed by atoms with Crippen molar-refractivity contribution in [3.63, 3.8) is 0 Å². The predicted octanol–water partition coefficient (Wildman–Crippen LogP) is 1.38. The van der Waals surface area contributed by atoms with Crippen LogP contribution in [0.3, 0.4) is 0 Å². The van der Waals surface area contributed by atoms with E-state index in [9.17, 15) is 0 Å². The minimum absolute atomic E-state index is 0. The summed E-state index contributed by atoms with van der Waals surface area (Å²) in [6.07, 6.45) is 0. The SMILES string of the molecule is N#C/C([S-])=C(/[S-])C#N.[C-]#[N+]/C([S-])=C(/[S-])[N+]#[C-].[Cu]. The van der Waals surface area contributed by atoms with Gasteiger partial charge in [-0.05, 0) is 0 Å². The van der Waals surface area contributed by atoms with Crippen LogP contribution in [0.1, 0.15) is 0 Å². The van der Waals surface area contributed by atoms with Gasteiger partial charge in [0.25, 0.3) is 0 Å². The quantitative estimate of drug-likeness (QED) is 0.287. The summed E-state index contributed by atoms with van der Waals surface area (Å²) in [6, 6.07) is 3.17. The minimum Gasteiger partial charge on any atom is -0.826 e. The van der Waals surface area contributed by atoms with E-state index in [1.165, 1.54) is 0 Å². The molecule has 0 rings (SSSR count). The summed E-state index contributed by atoms with van der Waals surface area (Å²) in [5, 5.41) is 15.8. The summed E-state index contributed by atoms with van der Waals surface area (Å²) in [5.74, 6) is 0. The molecule has 0 aromatic heterocycles. The van der Waals surface area contributed by atoms with Gasteiger partial charge >= 0.3 is 0 Å². The van der Waals surface area contributed by atoms with E-state index in [-0.39, 0.29) is 36.9 Å². The van der Waals surface area contributed by atoms with Crippen LogP contribution >= 0.6 is 0 Å². The molecule has 0 bridgehead atoms. The van der Waals surface area contributed by atoms with E-state index < -0.39 is 0 Å². The fraction of sp³-hybridized carbons (Fsp3) is 0. The molecule has 0 aromatic carbocycles. The van der Waals surface area contributed by atoms with E-state index in [0.717, 1.165) is 0 Å². The molecule has 91 valence electrons. The zero-order valence-electron chi connectivity index (χ0n) is 7.72. The van der Waals surface area contributed by atoms with Gasteiger partial charge < -0.3 is 50.5 Å². The van der Waals surface area contributed by atoms with E-state index in [1.54, 1.807) is 12.1 Å². The first kappa shape index (κ1) is 21.2. The summed E-state index contributed by atoms with van der Waals surface area (Å²) in [5.41, 5.74) is 0. The van der Waals surface area contributed by atoms with Crippen molar-refractivity contribution in [3.8, 4) is 12.1 Å². The Kier molecular flexibility index (Phi) is 16.1. The number of allylic oxidation sites excluding steroid dienone is 2. The van der Waals surface area contributed by atoms with Crippen LogP contribution < -0.4 is 0 Å². The van der Waals surface area contributed by atoms with Gasteiger partial charge in [-0.3, -0.25) is 9.69 Å². The topological polar surface area (TPSA) is 56.3 Å². The third-order valence-corrected chi connectivity index (χ3v) is 2.21. The second kappa shape index (κ2) is 12.9. The molecule has 0 saturated carbocycles. The molecule has 0 aliphatic heterocycles. The smallest absolute Gasteiger partial charge is 0.0878 e. The van der Waals surface area contributed by atoms with Gasteiger partial charge in [-0.2, -0.15) is 10.5 Å². The molecule has 0 spiro atoms. The summed E-state index contributed by atoms with van der Waals surface area (Å²) in [4.78, 5) is 5.35. The maximum Gasteiger partial charge on any atom is 0.0878 e. The fourth-order valence-electron chi connectivity index (χ4n) is 0.197. The molecule has 0 unspecified atom stereocenters.